The van der Waals surface area contributed by atoms with Gasteiger partial charge >= 0.3 is 0 Å². The van der Waals surface area contributed by atoms with Crippen molar-refractivity contribution in [1.82, 2.24) is 4.90 Å². The van der Waals surface area contributed by atoms with Crippen molar-refractivity contribution >= 4 is 0 Å². The third-order valence-electron chi connectivity index (χ3n) is 1.97. The fraction of sp³-hybridized carbons (Fsp3) is 1.00. The third-order valence-corrected chi connectivity index (χ3v) is 1.97. The fourth-order valence-electron chi connectivity index (χ4n) is 1.18. The second-order valence-electron chi connectivity index (χ2n) is 4.47. The molecule has 0 amide bonds. The Labute approximate surface area is 74.3 Å². The van der Waals surface area contributed by atoms with Crippen LogP contribution >= 0.6 is 0 Å². The Morgan fingerprint density at radius 3 is 2.42 bits per heavy atom. The van der Waals surface area contributed by atoms with E-state index in [9.17, 15) is 0 Å². The van der Waals surface area contributed by atoms with E-state index >= 15 is 0 Å². The molecule has 0 saturated carbocycles. The summed E-state index contributed by atoms with van der Waals surface area (Å²) >= 11 is 0. The van der Waals surface area contributed by atoms with Gasteiger partial charge in [0.1, 0.15) is 0 Å². The second-order valence-corrected chi connectivity index (χ2v) is 4.47. The predicted molar refractivity (Wildman–Crippen MR) is 47.9 cm³/mol. The lowest BCUT2D eigenvalue weighted by atomic mass is 10.0. The molecule has 0 atom stereocenters. The number of likely N-dealkylation sites (tertiary alicyclic amines) is 1. The van der Waals surface area contributed by atoms with Crippen LogP contribution < -0.4 is 0 Å². The van der Waals surface area contributed by atoms with E-state index < -0.39 is 0 Å². The maximum absolute atomic E-state index is 8.76. The van der Waals surface area contributed by atoms with Crippen LogP contribution in [0.1, 0.15) is 20.8 Å². The van der Waals surface area contributed by atoms with Crippen molar-refractivity contribution < 1.29 is 9.84 Å². The number of ether oxygens (including phenoxy) is 1. The minimum Gasteiger partial charge on any atom is -0.396 e. The van der Waals surface area contributed by atoms with Crippen molar-refractivity contribution in [2.75, 3.05) is 26.4 Å². The highest BCUT2D eigenvalue weighted by Crippen LogP contribution is 2.16. The molecule has 3 heteroatoms. The SMILES string of the molecule is CC(C)(C)OCN1CC(CO)C1. The smallest absolute Gasteiger partial charge is 0.0997 e. The zero-order valence-corrected chi connectivity index (χ0v) is 8.21. The molecule has 1 fully saturated rings. The molecule has 0 spiro atoms. The van der Waals surface area contributed by atoms with E-state index in [4.69, 9.17) is 9.84 Å². The first-order valence-electron chi connectivity index (χ1n) is 4.48. The van der Waals surface area contributed by atoms with E-state index in [0.29, 0.717) is 19.3 Å². The van der Waals surface area contributed by atoms with Gasteiger partial charge in [-0.25, -0.2) is 0 Å². The Balaban J connectivity index is 2.04. The summed E-state index contributed by atoms with van der Waals surface area (Å²) in [5.41, 5.74) is -0.0513. The summed E-state index contributed by atoms with van der Waals surface area (Å²) in [6.45, 7) is 9.12. The molecular weight excluding hydrogens is 154 g/mol. The molecule has 3 nitrogen and oxygen atoms in total. The third kappa shape index (κ3) is 3.09. The monoisotopic (exact) mass is 173 g/mol. The van der Waals surface area contributed by atoms with Crippen LogP contribution in [0.4, 0.5) is 0 Å². The van der Waals surface area contributed by atoms with Crippen LogP contribution in [0.15, 0.2) is 0 Å². The van der Waals surface area contributed by atoms with E-state index in [1.807, 2.05) is 0 Å². The summed E-state index contributed by atoms with van der Waals surface area (Å²) in [5.74, 6) is 0.480. The van der Waals surface area contributed by atoms with Gasteiger partial charge in [-0.15, -0.1) is 0 Å². The van der Waals surface area contributed by atoms with E-state index in [1.165, 1.54) is 0 Å². The molecule has 1 rings (SSSR count). The van der Waals surface area contributed by atoms with Gasteiger partial charge in [0.15, 0.2) is 0 Å². The summed E-state index contributed by atoms with van der Waals surface area (Å²) in [5, 5.41) is 8.76. The summed E-state index contributed by atoms with van der Waals surface area (Å²) < 4.78 is 5.57. The molecule has 0 aliphatic carbocycles. The second kappa shape index (κ2) is 3.73. The number of rotatable bonds is 3. The van der Waals surface area contributed by atoms with Gasteiger partial charge in [-0.1, -0.05) is 0 Å². The van der Waals surface area contributed by atoms with E-state index in [1.54, 1.807) is 0 Å². The molecule has 1 aliphatic rings. The molecule has 0 bridgehead atoms. The summed E-state index contributed by atoms with van der Waals surface area (Å²) in [6.07, 6.45) is 0. The van der Waals surface area contributed by atoms with Crippen LogP contribution in [0.2, 0.25) is 0 Å². The van der Waals surface area contributed by atoms with Crippen molar-refractivity contribution in [2.24, 2.45) is 5.92 Å². The van der Waals surface area contributed by atoms with Crippen LogP contribution in [-0.4, -0.2) is 42.0 Å². The minimum absolute atomic E-state index is 0.0513. The lowest BCUT2D eigenvalue weighted by Crippen LogP contribution is -2.50. The van der Waals surface area contributed by atoms with Crippen molar-refractivity contribution in [2.45, 2.75) is 26.4 Å². The first kappa shape index (κ1) is 9.96. The molecule has 1 saturated heterocycles. The molecule has 1 N–H and O–H groups in total. The van der Waals surface area contributed by atoms with Crippen LogP contribution in [0.25, 0.3) is 0 Å². The molecular formula is C9H19NO2. The highest BCUT2D eigenvalue weighted by Gasteiger charge is 2.26. The zero-order chi connectivity index (χ0) is 9.19. The lowest BCUT2D eigenvalue weighted by molar-refractivity contribution is -0.101. The van der Waals surface area contributed by atoms with Crippen molar-refractivity contribution in [3.8, 4) is 0 Å². The highest BCUT2D eigenvalue weighted by molar-refractivity contribution is 4.77. The van der Waals surface area contributed by atoms with Gasteiger partial charge in [-0.05, 0) is 20.8 Å². The standard InChI is InChI=1S/C9H19NO2/c1-9(2,3)12-7-10-4-8(5-10)6-11/h8,11H,4-7H2,1-3H3. The average Bonchev–Trinajstić information content (AvgIpc) is 1.82. The number of hydrogen-bond acceptors (Lipinski definition) is 3. The zero-order valence-electron chi connectivity index (χ0n) is 8.21. The first-order valence-corrected chi connectivity index (χ1v) is 4.48. The Morgan fingerprint density at radius 2 is 2.00 bits per heavy atom. The molecule has 1 aliphatic heterocycles. The Kier molecular flexibility index (Phi) is 3.09. The number of nitrogens with zero attached hydrogens (tertiary/aromatic N) is 1. The van der Waals surface area contributed by atoms with Crippen LogP contribution in [0.3, 0.4) is 0 Å². The van der Waals surface area contributed by atoms with Crippen LogP contribution in [0, 0.1) is 5.92 Å². The topological polar surface area (TPSA) is 32.7 Å². The molecule has 0 aromatic heterocycles. The fourth-order valence-corrected chi connectivity index (χ4v) is 1.18. The Morgan fingerprint density at radius 1 is 1.42 bits per heavy atom. The maximum Gasteiger partial charge on any atom is 0.0997 e. The van der Waals surface area contributed by atoms with Crippen LogP contribution in [0.5, 0.6) is 0 Å². The maximum atomic E-state index is 8.76. The number of aliphatic hydroxyl groups excluding tert-OH is 1. The molecule has 1 heterocycles. The van der Waals surface area contributed by atoms with Gasteiger partial charge in [-0.2, -0.15) is 0 Å². The van der Waals surface area contributed by atoms with Crippen LogP contribution in [-0.2, 0) is 4.74 Å². The molecule has 0 aromatic carbocycles. The van der Waals surface area contributed by atoms with Gasteiger partial charge in [0.2, 0.25) is 0 Å². The van der Waals surface area contributed by atoms with Crippen molar-refractivity contribution in [3.63, 3.8) is 0 Å². The molecule has 12 heavy (non-hydrogen) atoms. The van der Waals surface area contributed by atoms with Gasteiger partial charge in [0.25, 0.3) is 0 Å². The normalized spacial score (nSPS) is 21.0. The van der Waals surface area contributed by atoms with E-state index in [0.717, 1.165) is 13.1 Å². The Bertz CT molecular complexity index is 136. The highest BCUT2D eigenvalue weighted by atomic mass is 16.5. The molecule has 0 radical (unpaired) electrons. The van der Waals surface area contributed by atoms with E-state index in [-0.39, 0.29) is 5.60 Å². The molecule has 0 unspecified atom stereocenters. The minimum atomic E-state index is -0.0513. The lowest BCUT2D eigenvalue weighted by Gasteiger charge is -2.39. The summed E-state index contributed by atoms with van der Waals surface area (Å²) in [6, 6.07) is 0. The molecule has 0 aromatic rings. The first-order chi connectivity index (χ1) is 5.51. The predicted octanol–water partition coefficient (Wildman–Crippen LogP) is 0.683. The number of aliphatic hydroxyl groups is 1. The van der Waals surface area contributed by atoms with Gasteiger partial charge in [0.05, 0.1) is 12.3 Å². The number of hydrogen-bond donors (Lipinski definition) is 1. The quantitative estimate of drug-likeness (QED) is 0.681. The average molecular weight is 173 g/mol. The Hall–Kier alpha value is -0.120. The molecule has 72 valence electrons. The summed E-state index contributed by atoms with van der Waals surface area (Å²) in [4.78, 5) is 2.20. The van der Waals surface area contributed by atoms with Gasteiger partial charge in [-0.3, -0.25) is 4.90 Å². The van der Waals surface area contributed by atoms with Gasteiger partial charge < -0.3 is 9.84 Å². The largest absolute Gasteiger partial charge is 0.396 e. The van der Waals surface area contributed by atoms with Crippen molar-refractivity contribution in [1.29, 1.82) is 0 Å². The van der Waals surface area contributed by atoms with Gasteiger partial charge in [0, 0.05) is 25.6 Å². The van der Waals surface area contributed by atoms with Crippen molar-refractivity contribution in [3.05, 3.63) is 0 Å². The van der Waals surface area contributed by atoms with E-state index in [2.05, 4.69) is 25.7 Å². The summed E-state index contributed by atoms with van der Waals surface area (Å²) in [7, 11) is 0.